The van der Waals surface area contributed by atoms with E-state index in [1.54, 1.807) is 0 Å². The van der Waals surface area contributed by atoms with E-state index >= 15 is 0 Å². The molecule has 18 heavy (non-hydrogen) atoms. The molecule has 0 amide bonds. The Bertz CT molecular complexity index is 395. The minimum Gasteiger partial charge on any atom is -0.378 e. The zero-order chi connectivity index (χ0) is 12.5. The van der Waals surface area contributed by atoms with Crippen molar-refractivity contribution >= 4 is 0 Å². The predicted octanol–water partition coefficient (Wildman–Crippen LogP) is 2.05. The Morgan fingerprint density at radius 3 is 2.67 bits per heavy atom. The van der Waals surface area contributed by atoms with E-state index in [9.17, 15) is 0 Å². The van der Waals surface area contributed by atoms with Gasteiger partial charge in [-0.1, -0.05) is 30.3 Å². The van der Waals surface area contributed by atoms with Crippen molar-refractivity contribution in [1.82, 2.24) is 5.43 Å². The molecule has 2 fully saturated rings. The lowest BCUT2D eigenvalue weighted by atomic mass is 9.89. The van der Waals surface area contributed by atoms with Crippen molar-refractivity contribution in [2.75, 3.05) is 6.61 Å². The molecule has 0 bridgehead atoms. The lowest BCUT2D eigenvalue weighted by Gasteiger charge is -2.25. The molecule has 1 aliphatic carbocycles. The largest absolute Gasteiger partial charge is 0.378 e. The Labute approximate surface area is 109 Å². The van der Waals surface area contributed by atoms with Gasteiger partial charge in [0, 0.05) is 18.6 Å². The van der Waals surface area contributed by atoms with E-state index in [-0.39, 0.29) is 0 Å². The van der Waals surface area contributed by atoms with Crippen LogP contribution in [0.1, 0.15) is 31.2 Å². The summed E-state index contributed by atoms with van der Waals surface area (Å²) < 4.78 is 5.67. The SMILES string of the molecule is CC1OCCC1C(NN)C1CC1c1ccccc1. The molecular formula is C15H22N2O. The van der Waals surface area contributed by atoms with Crippen molar-refractivity contribution < 1.29 is 4.74 Å². The van der Waals surface area contributed by atoms with Crippen LogP contribution < -0.4 is 11.3 Å². The third-order valence-electron chi connectivity index (χ3n) is 4.62. The third kappa shape index (κ3) is 2.18. The first-order chi connectivity index (χ1) is 8.81. The zero-order valence-electron chi connectivity index (χ0n) is 10.9. The second-order valence-corrected chi connectivity index (χ2v) is 5.64. The Kier molecular flexibility index (Phi) is 3.37. The van der Waals surface area contributed by atoms with Crippen LogP contribution in [0.3, 0.4) is 0 Å². The molecule has 3 rings (SSSR count). The molecule has 0 aromatic heterocycles. The van der Waals surface area contributed by atoms with Crippen molar-refractivity contribution in [1.29, 1.82) is 0 Å². The highest BCUT2D eigenvalue weighted by atomic mass is 16.5. The van der Waals surface area contributed by atoms with Gasteiger partial charge in [0.2, 0.25) is 0 Å². The maximum Gasteiger partial charge on any atom is 0.0591 e. The van der Waals surface area contributed by atoms with Gasteiger partial charge >= 0.3 is 0 Å². The normalized spacial score (nSPS) is 36.6. The fourth-order valence-corrected chi connectivity index (χ4v) is 3.48. The Balaban J connectivity index is 1.68. The van der Waals surface area contributed by atoms with Crippen LogP contribution in [0, 0.1) is 11.8 Å². The zero-order valence-corrected chi connectivity index (χ0v) is 10.9. The molecule has 1 aromatic rings. The summed E-state index contributed by atoms with van der Waals surface area (Å²) in [6.07, 6.45) is 2.72. The quantitative estimate of drug-likeness (QED) is 0.631. The summed E-state index contributed by atoms with van der Waals surface area (Å²) in [5.74, 6) is 7.71. The van der Waals surface area contributed by atoms with E-state index in [4.69, 9.17) is 10.6 Å². The van der Waals surface area contributed by atoms with E-state index in [0.717, 1.165) is 13.0 Å². The van der Waals surface area contributed by atoms with Crippen LogP contribution >= 0.6 is 0 Å². The fraction of sp³-hybridized carbons (Fsp3) is 0.600. The lowest BCUT2D eigenvalue weighted by Crippen LogP contribution is -2.45. The summed E-state index contributed by atoms with van der Waals surface area (Å²) in [6.45, 7) is 3.05. The topological polar surface area (TPSA) is 47.3 Å². The molecule has 0 spiro atoms. The van der Waals surface area contributed by atoms with Gasteiger partial charge in [0.15, 0.2) is 0 Å². The summed E-state index contributed by atoms with van der Waals surface area (Å²) >= 11 is 0. The highest BCUT2D eigenvalue weighted by Gasteiger charge is 2.48. The number of benzene rings is 1. The van der Waals surface area contributed by atoms with Crippen LogP contribution in [0.5, 0.6) is 0 Å². The maximum absolute atomic E-state index is 5.79. The maximum atomic E-state index is 5.79. The smallest absolute Gasteiger partial charge is 0.0591 e. The van der Waals surface area contributed by atoms with Crippen molar-refractivity contribution in [3.05, 3.63) is 35.9 Å². The molecule has 1 saturated heterocycles. The highest BCUT2D eigenvalue weighted by molar-refractivity contribution is 5.27. The summed E-state index contributed by atoms with van der Waals surface area (Å²) in [5, 5.41) is 0. The highest BCUT2D eigenvalue weighted by Crippen LogP contribution is 2.52. The first-order valence-electron chi connectivity index (χ1n) is 6.94. The number of hydrazine groups is 1. The fourth-order valence-electron chi connectivity index (χ4n) is 3.48. The molecule has 1 saturated carbocycles. The van der Waals surface area contributed by atoms with Gasteiger partial charge in [0.1, 0.15) is 0 Å². The van der Waals surface area contributed by atoms with E-state index in [0.29, 0.717) is 29.9 Å². The minimum absolute atomic E-state index is 0.336. The van der Waals surface area contributed by atoms with E-state index in [1.807, 2.05) is 0 Å². The molecule has 0 radical (unpaired) electrons. The van der Waals surface area contributed by atoms with Crippen LogP contribution in [0.25, 0.3) is 0 Å². The first-order valence-corrected chi connectivity index (χ1v) is 6.94. The van der Waals surface area contributed by atoms with Gasteiger partial charge in [-0.15, -0.1) is 0 Å². The summed E-state index contributed by atoms with van der Waals surface area (Å²) in [4.78, 5) is 0. The van der Waals surface area contributed by atoms with Crippen molar-refractivity contribution in [3.8, 4) is 0 Å². The average molecular weight is 246 g/mol. The summed E-state index contributed by atoms with van der Waals surface area (Å²) in [6, 6.07) is 11.2. The van der Waals surface area contributed by atoms with Crippen molar-refractivity contribution in [2.24, 2.45) is 17.7 Å². The lowest BCUT2D eigenvalue weighted by molar-refractivity contribution is 0.0923. The van der Waals surface area contributed by atoms with Crippen LogP contribution in [-0.2, 0) is 4.74 Å². The van der Waals surface area contributed by atoms with E-state index in [2.05, 4.69) is 42.7 Å². The van der Waals surface area contributed by atoms with Crippen LogP contribution in [-0.4, -0.2) is 18.8 Å². The molecule has 1 aliphatic heterocycles. The summed E-state index contributed by atoms with van der Waals surface area (Å²) in [7, 11) is 0. The second kappa shape index (κ2) is 5.00. The van der Waals surface area contributed by atoms with Gasteiger partial charge in [-0.25, -0.2) is 0 Å². The van der Waals surface area contributed by atoms with E-state index in [1.165, 1.54) is 12.0 Å². The van der Waals surface area contributed by atoms with Crippen LogP contribution in [0.4, 0.5) is 0 Å². The monoisotopic (exact) mass is 246 g/mol. The van der Waals surface area contributed by atoms with Gasteiger partial charge in [-0.2, -0.15) is 0 Å². The number of hydrogen-bond donors (Lipinski definition) is 2. The van der Waals surface area contributed by atoms with Gasteiger partial charge in [-0.05, 0) is 37.2 Å². The van der Waals surface area contributed by atoms with Gasteiger partial charge < -0.3 is 4.74 Å². The number of hydrogen-bond acceptors (Lipinski definition) is 3. The van der Waals surface area contributed by atoms with Crippen molar-refractivity contribution in [2.45, 2.75) is 37.8 Å². The standard InChI is InChI=1S/C15H22N2O/c1-10-12(7-8-18-10)15(17-16)14-9-13(14)11-5-3-2-4-6-11/h2-6,10,12-15,17H,7-9,16H2,1H3. The number of rotatable bonds is 4. The molecule has 3 nitrogen and oxygen atoms in total. The van der Waals surface area contributed by atoms with Crippen LogP contribution in [0.15, 0.2) is 30.3 Å². The molecule has 98 valence electrons. The molecule has 5 unspecified atom stereocenters. The average Bonchev–Trinajstić information content (AvgIpc) is 3.08. The second-order valence-electron chi connectivity index (χ2n) is 5.64. The van der Waals surface area contributed by atoms with E-state index < -0.39 is 0 Å². The van der Waals surface area contributed by atoms with Gasteiger partial charge in [-0.3, -0.25) is 11.3 Å². The van der Waals surface area contributed by atoms with Gasteiger partial charge in [0.05, 0.1) is 6.10 Å². The minimum atomic E-state index is 0.336. The first kappa shape index (κ1) is 12.2. The molecule has 2 aliphatic rings. The molecular weight excluding hydrogens is 224 g/mol. The molecule has 1 heterocycles. The molecule has 3 N–H and O–H groups in total. The molecule has 1 aromatic carbocycles. The van der Waals surface area contributed by atoms with Crippen LogP contribution in [0.2, 0.25) is 0 Å². The Hall–Kier alpha value is -0.900. The predicted molar refractivity (Wildman–Crippen MR) is 71.9 cm³/mol. The molecule has 3 heteroatoms. The molecule has 5 atom stereocenters. The Morgan fingerprint density at radius 1 is 1.28 bits per heavy atom. The Morgan fingerprint density at radius 2 is 2.06 bits per heavy atom. The number of nitrogens with one attached hydrogen (secondary N) is 1. The number of nitrogens with two attached hydrogens (primary N) is 1. The van der Waals surface area contributed by atoms with Crippen molar-refractivity contribution in [3.63, 3.8) is 0 Å². The number of ether oxygens (including phenoxy) is 1. The van der Waals surface area contributed by atoms with Gasteiger partial charge in [0.25, 0.3) is 0 Å². The third-order valence-corrected chi connectivity index (χ3v) is 4.62. The summed E-state index contributed by atoms with van der Waals surface area (Å²) in [5.41, 5.74) is 4.51.